The van der Waals surface area contributed by atoms with E-state index in [1.54, 1.807) is 12.4 Å². The normalized spacial score (nSPS) is 14.5. The Morgan fingerprint density at radius 1 is 1.06 bits per heavy atom. The van der Waals surface area contributed by atoms with Gasteiger partial charge in [-0.2, -0.15) is 5.10 Å². The van der Waals surface area contributed by atoms with Gasteiger partial charge in [0.2, 0.25) is 0 Å². The Kier molecular flexibility index (Phi) is 4.84. The maximum atomic E-state index is 13.1. The van der Waals surface area contributed by atoms with Crippen molar-refractivity contribution in [3.05, 3.63) is 78.4 Å². The van der Waals surface area contributed by atoms with Crippen molar-refractivity contribution in [2.24, 2.45) is 0 Å². The van der Waals surface area contributed by atoms with Gasteiger partial charge in [0.25, 0.3) is 5.91 Å². The Labute approximate surface area is 189 Å². The predicted octanol–water partition coefficient (Wildman–Crippen LogP) is 3.72. The van der Waals surface area contributed by atoms with Crippen LogP contribution < -0.4 is 10.6 Å². The number of fused-ring (bicyclic) bond motifs is 2. The van der Waals surface area contributed by atoms with Crippen LogP contribution in [0.3, 0.4) is 0 Å². The third-order valence-corrected chi connectivity index (χ3v) is 6.03. The molecule has 8 heteroatoms. The van der Waals surface area contributed by atoms with Gasteiger partial charge in [0.05, 0.1) is 22.6 Å². The summed E-state index contributed by atoms with van der Waals surface area (Å²) in [6, 6.07) is 18.2. The number of pyridine rings is 1. The van der Waals surface area contributed by atoms with Gasteiger partial charge in [0.15, 0.2) is 5.82 Å². The molecule has 1 aliphatic carbocycles. The molecule has 33 heavy (non-hydrogen) atoms. The van der Waals surface area contributed by atoms with Crippen molar-refractivity contribution < 1.29 is 4.79 Å². The van der Waals surface area contributed by atoms with Crippen LogP contribution in [0.15, 0.2) is 67.0 Å². The molecule has 1 aliphatic rings. The molecular weight excluding hydrogens is 414 g/mol. The number of imidazole rings is 1. The Morgan fingerprint density at radius 3 is 2.67 bits per heavy atom. The van der Waals surface area contributed by atoms with Crippen LogP contribution in [0, 0.1) is 0 Å². The van der Waals surface area contributed by atoms with E-state index in [1.807, 2.05) is 54.6 Å². The second-order valence-corrected chi connectivity index (χ2v) is 8.43. The summed E-state index contributed by atoms with van der Waals surface area (Å²) in [5, 5.41) is 15.1. The highest BCUT2D eigenvalue weighted by Crippen LogP contribution is 2.29. The number of carbonyl (C=O) groups is 1. The third kappa shape index (κ3) is 3.96. The number of aromatic amines is 2. The lowest BCUT2D eigenvalue weighted by Crippen LogP contribution is -2.36. The lowest BCUT2D eigenvalue weighted by molar-refractivity contribution is 0.0926. The summed E-state index contributed by atoms with van der Waals surface area (Å²) in [5.41, 5.74) is 5.25. The summed E-state index contributed by atoms with van der Waals surface area (Å²) in [5.74, 6) is 0.0669. The molecule has 3 aromatic heterocycles. The van der Waals surface area contributed by atoms with Crippen LogP contribution in [0.4, 0.5) is 0 Å². The maximum Gasteiger partial charge on any atom is 0.287 e. The van der Waals surface area contributed by atoms with Gasteiger partial charge in [0.1, 0.15) is 5.69 Å². The second kappa shape index (κ2) is 8.14. The molecule has 1 amide bonds. The van der Waals surface area contributed by atoms with Gasteiger partial charge in [-0.25, -0.2) is 4.98 Å². The number of H-pyrrole nitrogens is 2. The lowest BCUT2D eigenvalue weighted by atomic mass is 10.1. The van der Waals surface area contributed by atoms with E-state index in [9.17, 15) is 4.79 Å². The van der Waals surface area contributed by atoms with Crippen LogP contribution in [0.5, 0.6) is 0 Å². The van der Waals surface area contributed by atoms with E-state index in [0.29, 0.717) is 18.4 Å². The highest BCUT2D eigenvalue weighted by atomic mass is 16.2. The summed E-state index contributed by atoms with van der Waals surface area (Å²) < 4.78 is 0. The van der Waals surface area contributed by atoms with Crippen LogP contribution >= 0.6 is 0 Å². The molecule has 0 aliphatic heterocycles. The number of hydrogen-bond acceptors (Lipinski definition) is 5. The SMILES string of the molecule is O=C(NC(CNC1CC1)c1ccccc1)c1nc2cc3c(-c4ccncc4)n[nH]c3cc2[nH]1. The first-order valence-corrected chi connectivity index (χ1v) is 11.1. The van der Waals surface area contributed by atoms with Crippen LogP contribution in [-0.2, 0) is 0 Å². The van der Waals surface area contributed by atoms with Crippen LogP contribution in [0.25, 0.3) is 33.2 Å². The van der Waals surface area contributed by atoms with Gasteiger partial charge < -0.3 is 15.6 Å². The van der Waals surface area contributed by atoms with Crippen LogP contribution in [0.1, 0.15) is 35.1 Å². The number of carbonyl (C=O) groups excluding carboxylic acids is 1. The summed E-state index contributed by atoms with van der Waals surface area (Å²) >= 11 is 0. The highest BCUT2D eigenvalue weighted by Gasteiger charge is 2.24. The van der Waals surface area contributed by atoms with Crippen molar-refractivity contribution >= 4 is 27.8 Å². The Morgan fingerprint density at radius 2 is 1.88 bits per heavy atom. The van der Waals surface area contributed by atoms with Crippen molar-refractivity contribution in [2.75, 3.05) is 6.54 Å². The minimum Gasteiger partial charge on any atom is -0.341 e. The Bertz CT molecular complexity index is 1420. The Balaban J connectivity index is 1.29. The monoisotopic (exact) mass is 437 g/mol. The van der Waals surface area contributed by atoms with E-state index in [4.69, 9.17) is 0 Å². The molecule has 0 radical (unpaired) electrons. The molecule has 1 saturated carbocycles. The summed E-state index contributed by atoms with van der Waals surface area (Å²) in [6.45, 7) is 0.685. The standard InChI is InChI=1S/C25H23N7O/c33-25(30-22(14-27-17-6-7-17)15-4-2-1-3-5-15)24-28-20-12-18-19(13-21(20)29-24)31-32-23(18)16-8-10-26-11-9-16/h1-5,8-13,17,22,27H,6-7,14H2,(H,28,29)(H,30,33)(H,31,32). The van der Waals surface area contributed by atoms with Crippen LogP contribution in [0.2, 0.25) is 0 Å². The first kappa shape index (κ1) is 19.6. The molecule has 0 bridgehead atoms. The molecule has 0 spiro atoms. The zero-order valence-electron chi connectivity index (χ0n) is 17.9. The number of benzene rings is 2. The molecule has 6 rings (SSSR count). The zero-order valence-corrected chi connectivity index (χ0v) is 17.9. The van der Waals surface area contributed by atoms with Gasteiger partial charge in [-0.3, -0.25) is 14.9 Å². The van der Waals surface area contributed by atoms with E-state index >= 15 is 0 Å². The van der Waals surface area contributed by atoms with Crippen molar-refractivity contribution in [2.45, 2.75) is 24.9 Å². The third-order valence-electron chi connectivity index (χ3n) is 6.03. The van der Waals surface area contributed by atoms with Crippen molar-refractivity contribution in [3.63, 3.8) is 0 Å². The molecule has 1 atom stereocenters. The second-order valence-electron chi connectivity index (χ2n) is 8.43. The first-order chi connectivity index (χ1) is 16.2. The van der Waals surface area contributed by atoms with Gasteiger partial charge in [-0.1, -0.05) is 30.3 Å². The molecule has 4 N–H and O–H groups in total. The number of amides is 1. The summed E-state index contributed by atoms with van der Waals surface area (Å²) in [6.07, 6.45) is 5.88. The lowest BCUT2D eigenvalue weighted by Gasteiger charge is -2.19. The number of hydrogen-bond donors (Lipinski definition) is 4. The number of aromatic nitrogens is 5. The fourth-order valence-corrected chi connectivity index (χ4v) is 4.10. The zero-order chi connectivity index (χ0) is 22.2. The van der Waals surface area contributed by atoms with Crippen molar-refractivity contribution in [1.29, 1.82) is 0 Å². The van der Waals surface area contributed by atoms with Crippen molar-refractivity contribution in [3.8, 4) is 11.3 Å². The molecular formula is C25H23N7O. The van der Waals surface area contributed by atoms with Crippen molar-refractivity contribution in [1.82, 2.24) is 35.8 Å². The number of nitrogens with one attached hydrogen (secondary N) is 4. The van der Waals surface area contributed by atoms with Gasteiger partial charge in [-0.15, -0.1) is 0 Å². The minimum atomic E-state index is -0.228. The summed E-state index contributed by atoms with van der Waals surface area (Å²) in [4.78, 5) is 25.0. The highest BCUT2D eigenvalue weighted by molar-refractivity contribution is 6.02. The van der Waals surface area contributed by atoms with Gasteiger partial charge in [-0.05, 0) is 42.7 Å². The fraction of sp³-hybridized carbons (Fsp3) is 0.200. The average Bonchev–Trinajstić information content (AvgIpc) is 3.45. The van der Waals surface area contributed by atoms with E-state index in [1.165, 1.54) is 12.8 Å². The fourth-order valence-electron chi connectivity index (χ4n) is 4.10. The van der Waals surface area contributed by atoms with E-state index < -0.39 is 0 Å². The van der Waals surface area contributed by atoms with E-state index in [-0.39, 0.29) is 11.9 Å². The minimum absolute atomic E-state index is 0.135. The molecule has 2 aromatic carbocycles. The predicted molar refractivity (Wildman–Crippen MR) is 127 cm³/mol. The van der Waals surface area contributed by atoms with E-state index in [0.717, 1.165) is 38.8 Å². The number of nitrogens with zero attached hydrogens (tertiary/aromatic N) is 3. The van der Waals surface area contributed by atoms with E-state index in [2.05, 4.69) is 35.8 Å². The molecule has 0 saturated heterocycles. The topological polar surface area (TPSA) is 111 Å². The molecule has 164 valence electrons. The Hall–Kier alpha value is -4.04. The van der Waals surface area contributed by atoms with Crippen LogP contribution in [-0.4, -0.2) is 43.6 Å². The molecule has 5 aromatic rings. The summed E-state index contributed by atoms with van der Waals surface area (Å²) in [7, 11) is 0. The first-order valence-electron chi connectivity index (χ1n) is 11.1. The smallest absolute Gasteiger partial charge is 0.287 e. The molecule has 1 unspecified atom stereocenters. The van der Waals surface area contributed by atoms with Gasteiger partial charge in [0, 0.05) is 35.9 Å². The quantitative estimate of drug-likeness (QED) is 0.310. The van der Waals surface area contributed by atoms with Gasteiger partial charge >= 0.3 is 0 Å². The molecule has 3 heterocycles. The maximum absolute atomic E-state index is 13.1. The number of rotatable bonds is 7. The molecule has 1 fully saturated rings. The molecule has 8 nitrogen and oxygen atoms in total. The largest absolute Gasteiger partial charge is 0.341 e. The average molecular weight is 438 g/mol.